The summed E-state index contributed by atoms with van der Waals surface area (Å²) in [5.41, 5.74) is 1.87. The van der Waals surface area contributed by atoms with Crippen LogP contribution in [-0.4, -0.2) is 43.6 Å². The van der Waals surface area contributed by atoms with Crippen molar-refractivity contribution in [2.45, 2.75) is 37.4 Å². The number of rotatable bonds is 11. The summed E-state index contributed by atoms with van der Waals surface area (Å²) in [5, 5.41) is 18.5. The molecule has 13 heteroatoms. The average molecular weight is 613 g/mol. The standard InChI is InChI=1S/C30H31F3N6O3S/c1-3-43(34,42)25-13-11-24(12-14-25)38-29-35-17-26(28(39-29)36-19(2)18-40)21-7-9-23(10-8-21)37-27(41)16-20-5-4-6-22(15-20)30(31,32)33/h4-15,17,19,34,40H,3,16,18H2,1-2H3,(H,37,41)(H2,35,36,38,39). The molecule has 0 saturated heterocycles. The molecule has 0 aliphatic heterocycles. The van der Waals surface area contributed by atoms with E-state index in [0.717, 1.165) is 12.1 Å². The summed E-state index contributed by atoms with van der Waals surface area (Å²) in [6.07, 6.45) is -3.10. The summed E-state index contributed by atoms with van der Waals surface area (Å²) in [6, 6.07) is 17.8. The predicted molar refractivity (Wildman–Crippen MR) is 161 cm³/mol. The topological polar surface area (TPSA) is 140 Å². The molecule has 4 rings (SSSR count). The van der Waals surface area contributed by atoms with E-state index in [-0.39, 0.29) is 36.3 Å². The van der Waals surface area contributed by atoms with Gasteiger partial charge in [-0.25, -0.2) is 14.0 Å². The lowest BCUT2D eigenvalue weighted by molar-refractivity contribution is -0.137. The molecule has 1 heterocycles. The number of nitrogens with one attached hydrogen (secondary N) is 4. The minimum absolute atomic E-state index is 0.144. The molecule has 9 nitrogen and oxygen atoms in total. The number of hydrogen-bond acceptors (Lipinski definition) is 8. The fourth-order valence-corrected chi connectivity index (χ4v) is 4.99. The number of carbonyl (C=O) groups excluding carboxylic acids is 1. The second-order valence-corrected chi connectivity index (χ2v) is 12.2. The molecule has 0 radical (unpaired) electrons. The monoisotopic (exact) mass is 612 g/mol. The molecule has 0 saturated carbocycles. The summed E-state index contributed by atoms with van der Waals surface area (Å²) in [4.78, 5) is 21.9. The number of alkyl halides is 3. The largest absolute Gasteiger partial charge is 0.416 e. The maximum atomic E-state index is 13.0. The Kier molecular flexibility index (Phi) is 9.66. The number of amides is 1. The van der Waals surface area contributed by atoms with Gasteiger partial charge in [0.2, 0.25) is 11.9 Å². The molecule has 0 aliphatic carbocycles. The van der Waals surface area contributed by atoms with Gasteiger partial charge >= 0.3 is 6.18 Å². The van der Waals surface area contributed by atoms with E-state index in [2.05, 4.69) is 25.9 Å². The van der Waals surface area contributed by atoms with E-state index in [1.807, 2.05) is 0 Å². The van der Waals surface area contributed by atoms with Crippen molar-refractivity contribution in [1.82, 2.24) is 9.97 Å². The fourth-order valence-electron chi connectivity index (χ4n) is 4.08. The molecular formula is C30H31F3N6O3S. The van der Waals surface area contributed by atoms with Crippen LogP contribution in [0.2, 0.25) is 0 Å². The smallest absolute Gasteiger partial charge is 0.394 e. The number of carbonyl (C=O) groups is 1. The number of hydrogen-bond donors (Lipinski definition) is 5. The number of aliphatic hydroxyl groups is 1. The highest BCUT2D eigenvalue weighted by atomic mass is 32.2. The molecule has 0 bridgehead atoms. The number of benzene rings is 3. The van der Waals surface area contributed by atoms with E-state index >= 15 is 0 Å². The molecule has 0 fully saturated rings. The number of halogens is 3. The Labute approximate surface area is 247 Å². The highest BCUT2D eigenvalue weighted by Crippen LogP contribution is 2.31. The van der Waals surface area contributed by atoms with Gasteiger partial charge in [0.25, 0.3) is 0 Å². The molecule has 1 aromatic heterocycles. The van der Waals surface area contributed by atoms with Crippen LogP contribution in [-0.2, 0) is 27.1 Å². The van der Waals surface area contributed by atoms with Gasteiger partial charge in [-0.05, 0) is 60.5 Å². The van der Waals surface area contributed by atoms with Crippen LogP contribution in [0.1, 0.15) is 25.0 Å². The molecule has 226 valence electrons. The van der Waals surface area contributed by atoms with Crippen molar-refractivity contribution in [3.8, 4) is 11.1 Å². The summed E-state index contributed by atoms with van der Waals surface area (Å²) >= 11 is 0. The zero-order valence-corrected chi connectivity index (χ0v) is 24.2. The van der Waals surface area contributed by atoms with Gasteiger partial charge in [-0.2, -0.15) is 18.2 Å². The van der Waals surface area contributed by atoms with Crippen molar-refractivity contribution in [2.24, 2.45) is 0 Å². The third kappa shape index (κ3) is 8.30. The Morgan fingerprint density at radius 3 is 2.35 bits per heavy atom. The Morgan fingerprint density at radius 2 is 1.72 bits per heavy atom. The lowest BCUT2D eigenvalue weighted by atomic mass is 10.1. The molecular weight excluding hydrogens is 581 g/mol. The Balaban J connectivity index is 1.49. The summed E-state index contributed by atoms with van der Waals surface area (Å²) < 4.78 is 59.2. The van der Waals surface area contributed by atoms with Crippen LogP contribution in [0, 0.1) is 4.78 Å². The van der Waals surface area contributed by atoms with Gasteiger partial charge in [-0.1, -0.05) is 37.3 Å². The molecule has 43 heavy (non-hydrogen) atoms. The van der Waals surface area contributed by atoms with E-state index < -0.39 is 27.4 Å². The highest BCUT2D eigenvalue weighted by Gasteiger charge is 2.30. The molecule has 5 N–H and O–H groups in total. The maximum absolute atomic E-state index is 13.0. The van der Waals surface area contributed by atoms with E-state index in [4.69, 9.17) is 4.78 Å². The summed E-state index contributed by atoms with van der Waals surface area (Å²) in [7, 11) is -2.83. The molecule has 4 aromatic rings. The Hall–Kier alpha value is -4.49. The lowest BCUT2D eigenvalue weighted by Crippen LogP contribution is -2.21. The van der Waals surface area contributed by atoms with Crippen LogP contribution in [0.25, 0.3) is 11.1 Å². The van der Waals surface area contributed by atoms with Crippen LogP contribution in [0.4, 0.5) is 36.3 Å². The quantitative estimate of drug-likeness (QED) is 0.134. The third-order valence-corrected chi connectivity index (χ3v) is 8.29. The molecule has 2 unspecified atom stereocenters. The van der Waals surface area contributed by atoms with Crippen LogP contribution in [0.3, 0.4) is 0 Å². The first-order valence-electron chi connectivity index (χ1n) is 13.3. The molecule has 3 aromatic carbocycles. The number of anilines is 4. The fraction of sp³-hybridized carbons (Fsp3) is 0.233. The van der Waals surface area contributed by atoms with Crippen molar-refractivity contribution < 1.29 is 27.3 Å². The van der Waals surface area contributed by atoms with Crippen molar-refractivity contribution in [2.75, 3.05) is 28.3 Å². The number of aromatic nitrogens is 2. The first-order valence-corrected chi connectivity index (χ1v) is 15.0. The van der Waals surface area contributed by atoms with Gasteiger partial charge in [-0.15, -0.1) is 0 Å². The number of nitrogens with zero attached hydrogens (tertiary/aromatic N) is 2. The van der Waals surface area contributed by atoms with E-state index in [0.29, 0.717) is 33.2 Å². The molecule has 0 aliphatic rings. The van der Waals surface area contributed by atoms with Gasteiger partial charge in [0.05, 0.1) is 28.3 Å². The van der Waals surface area contributed by atoms with Gasteiger partial charge in [0, 0.05) is 39.8 Å². The minimum atomic E-state index is -4.49. The Bertz CT molecular complexity index is 1680. The summed E-state index contributed by atoms with van der Waals surface area (Å²) in [5.74, 6) is 0.468. The lowest BCUT2D eigenvalue weighted by Gasteiger charge is -2.17. The van der Waals surface area contributed by atoms with Crippen molar-refractivity contribution >= 4 is 38.8 Å². The van der Waals surface area contributed by atoms with Gasteiger partial charge in [0.1, 0.15) is 5.82 Å². The molecule has 2 atom stereocenters. The van der Waals surface area contributed by atoms with Crippen LogP contribution in [0.15, 0.2) is 83.9 Å². The van der Waals surface area contributed by atoms with E-state index in [1.54, 1.807) is 68.6 Å². The zero-order valence-electron chi connectivity index (χ0n) is 23.4. The van der Waals surface area contributed by atoms with E-state index in [1.165, 1.54) is 12.1 Å². The van der Waals surface area contributed by atoms with Crippen molar-refractivity contribution in [3.63, 3.8) is 0 Å². The van der Waals surface area contributed by atoms with Gasteiger partial charge in [0.15, 0.2) is 0 Å². The van der Waals surface area contributed by atoms with Crippen molar-refractivity contribution in [1.29, 1.82) is 4.78 Å². The first kappa shape index (κ1) is 31.4. The normalized spacial score (nSPS) is 13.5. The first-order chi connectivity index (χ1) is 20.4. The van der Waals surface area contributed by atoms with Gasteiger partial charge in [-0.3, -0.25) is 4.79 Å². The SMILES string of the molecule is CCS(=N)(=O)c1ccc(Nc2ncc(-c3ccc(NC(=O)Cc4cccc(C(F)(F)F)c4)cc3)c(NC(C)CO)n2)cc1. The van der Waals surface area contributed by atoms with Gasteiger partial charge < -0.3 is 21.1 Å². The second-order valence-electron chi connectivity index (χ2n) is 9.80. The molecule has 1 amide bonds. The van der Waals surface area contributed by atoms with Crippen LogP contribution >= 0.6 is 0 Å². The van der Waals surface area contributed by atoms with Crippen LogP contribution < -0.4 is 16.0 Å². The number of aliphatic hydroxyl groups excluding tert-OH is 1. The Morgan fingerprint density at radius 1 is 1.05 bits per heavy atom. The zero-order chi connectivity index (χ0) is 31.2. The highest BCUT2D eigenvalue weighted by molar-refractivity contribution is 7.92. The minimum Gasteiger partial charge on any atom is -0.394 e. The van der Waals surface area contributed by atoms with E-state index in [9.17, 15) is 27.3 Å². The average Bonchev–Trinajstić information content (AvgIpc) is 2.98. The second kappa shape index (κ2) is 13.2. The molecule has 0 spiro atoms. The summed E-state index contributed by atoms with van der Waals surface area (Å²) in [6.45, 7) is 3.34. The van der Waals surface area contributed by atoms with Crippen LogP contribution in [0.5, 0.6) is 0 Å². The maximum Gasteiger partial charge on any atom is 0.416 e. The van der Waals surface area contributed by atoms with Crippen molar-refractivity contribution in [3.05, 3.63) is 90.1 Å². The predicted octanol–water partition coefficient (Wildman–Crippen LogP) is 6.31. The third-order valence-electron chi connectivity index (χ3n) is 6.44.